The van der Waals surface area contributed by atoms with E-state index in [1.807, 2.05) is 13.1 Å². The zero-order valence-electron chi connectivity index (χ0n) is 14.3. The second-order valence-corrected chi connectivity index (χ2v) is 6.25. The number of methoxy groups -OCH3 is 1. The third-order valence-electron chi connectivity index (χ3n) is 4.78. The van der Waals surface area contributed by atoms with Crippen molar-refractivity contribution in [3.05, 3.63) is 47.8 Å². The molecule has 5 nitrogen and oxygen atoms in total. The van der Waals surface area contributed by atoms with E-state index < -0.39 is 11.8 Å². The first-order valence-corrected chi connectivity index (χ1v) is 8.23. The molecule has 1 aromatic carbocycles. The van der Waals surface area contributed by atoms with Gasteiger partial charge in [-0.2, -0.15) is 13.9 Å². The van der Waals surface area contributed by atoms with Gasteiger partial charge in [-0.05, 0) is 43.2 Å². The first-order valence-electron chi connectivity index (χ1n) is 8.23. The fraction of sp³-hybridized carbons (Fsp3) is 0.444. The van der Waals surface area contributed by atoms with Gasteiger partial charge in [0.1, 0.15) is 5.75 Å². The maximum atomic E-state index is 14.6. The Morgan fingerprint density at radius 3 is 2.36 bits per heavy atom. The molecule has 0 aliphatic carbocycles. The van der Waals surface area contributed by atoms with Crippen LogP contribution in [-0.4, -0.2) is 40.8 Å². The lowest BCUT2D eigenvalue weighted by atomic mass is 9.93. The number of carbonyl (C=O) groups is 1. The Morgan fingerprint density at radius 2 is 1.84 bits per heavy atom. The van der Waals surface area contributed by atoms with Crippen LogP contribution in [0.1, 0.15) is 30.0 Å². The lowest BCUT2D eigenvalue weighted by molar-refractivity contribution is -0.160. The molecule has 0 bridgehead atoms. The summed E-state index contributed by atoms with van der Waals surface area (Å²) >= 11 is 0. The highest BCUT2D eigenvalue weighted by Gasteiger charge is 2.44. The summed E-state index contributed by atoms with van der Waals surface area (Å²) in [7, 11) is 3.33. The molecule has 2 heterocycles. The Kier molecular flexibility index (Phi) is 4.74. The molecule has 1 amide bonds. The quantitative estimate of drug-likeness (QED) is 0.853. The summed E-state index contributed by atoms with van der Waals surface area (Å²) in [5.41, 5.74) is 0.765. The highest BCUT2D eigenvalue weighted by atomic mass is 19.3. The van der Waals surface area contributed by atoms with Gasteiger partial charge in [-0.25, -0.2) is 0 Å². The number of rotatable bonds is 4. The fourth-order valence-electron chi connectivity index (χ4n) is 3.29. The number of aromatic nitrogens is 2. The highest BCUT2D eigenvalue weighted by Crippen LogP contribution is 2.34. The minimum absolute atomic E-state index is 0.242. The van der Waals surface area contributed by atoms with E-state index >= 15 is 0 Å². The molecule has 1 aliphatic heterocycles. The van der Waals surface area contributed by atoms with Crippen molar-refractivity contribution in [2.45, 2.75) is 24.7 Å². The second kappa shape index (κ2) is 6.82. The number of aryl methyl sites for hydroxylation is 1. The molecule has 0 atom stereocenters. The van der Waals surface area contributed by atoms with Crippen LogP contribution >= 0.6 is 0 Å². The molecule has 0 saturated carbocycles. The monoisotopic (exact) mass is 349 g/mol. The number of benzene rings is 1. The molecule has 134 valence electrons. The molecule has 3 rings (SSSR count). The van der Waals surface area contributed by atoms with Crippen molar-refractivity contribution in [1.29, 1.82) is 0 Å². The molecule has 0 N–H and O–H groups in total. The van der Waals surface area contributed by atoms with Crippen molar-refractivity contribution in [3.63, 3.8) is 0 Å². The van der Waals surface area contributed by atoms with E-state index in [1.54, 1.807) is 10.9 Å². The maximum Gasteiger partial charge on any atom is 0.349 e. The van der Waals surface area contributed by atoms with E-state index in [1.165, 1.54) is 36.3 Å². The number of likely N-dealkylation sites (tertiary alicyclic amines) is 1. The lowest BCUT2D eigenvalue weighted by Crippen LogP contribution is -2.45. The van der Waals surface area contributed by atoms with Crippen molar-refractivity contribution < 1.29 is 18.3 Å². The van der Waals surface area contributed by atoms with Gasteiger partial charge in [0.25, 0.3) is 5.91 Å². The number of nitrogens with zero attached hydrogens (tertiary/aromatic N) is 3. The number of piperidine rings is 1. The van der Waals surface area contributed by atoms with Crippen LogP contribution in [0, 0.1) is 0 Å². The van der Waals surface area contributed by atoms with Crippen LogP contribution in [0.3, 0.4) is 0 Å². The van der Waals surface area contributed by atoms with Crippen molar-refractivity contribution in [1.82, 2.24) is 14.7 Å². The maximum absolute atomic E-state index is 14.6. The molecular weight excluding hydrogens is 328 g/mol. The zero-order chi connectivity index (χ0) is 18.0. The van der Waals surface area contributed by atoms with E-state index in [0.29, 0.717) is 31.7 Å². The predicted molar refractivity (Wildman–Crippen MR) is 88.7 cm³/mol. The van der Waals surface area contributed by atoms with Gasteiger partial charge < -0.3 is 9.64 Å². The minimum Gasteiger partial charge on any atom is -0.497 e. The van der Waals surface area contributed by atoms with Crippen molar-refractivity contribution in [3.8, 4) is 5.75 Å². The molecule has 25 heavy (non-hydrogen) atoms. The van der Waals surface area contributed by atoms with E-state index in [9.17, 15) is 13.6 Å². The van der Waals surface area contributed by atoms with Crippen LogP contribution in [-0.2, 0) is 17.8 Å². The smallest absolute Gasteiger partial charge is 0.349 e. The van der Waals surface area contributed by atoms with Gasteiger partial charge in [0.2, 0.25) is 0 Å². The van der Waals surface area contributed by atoms with Gasteiger partial charge >= 0.3 is 5.92 Å². The van der Waals surface area contributed by atoms with Crippen LogP contribution < -0.4 is 4.74 Å². The number of amides is 1. The molecular formula is C18H21F2N3O2. The molecule has 0 spiro atoms. The molecule has 2 aromatic rings. The van der Waals surface area contributed by atoms with Gasteiger partial charge in [-0.1, -0.05) is 0 Å². The van der Waals surface area contributed by atoms with E-state index in [-0.39, 0.29) is 11.5 Å². The van der Waals surface area contributed by atoms with Crippen LogP contribution in [0.2, 0.25) is 0 Å². The van der Waals surface area contributed by atoms with Crippen LogP contribution in [0.5, 0.6) is 5.75 Å². The summed E-state index contributed by atoms with van der Waals surface area (Å²) in [5, 5.41) is 4.14. The minimum atomic E-state index is -3.54. The molecule has 1 aromatic heterocycles. The Labute approximate surface area is 145 Å². The third-order valence-corrected chi connectivity index (χ3v) is 4.78. The lowest BCUT2D eigenvalue weighted by Gasteiger charge is -2.34. The van der Waals surface area contributed by atoms with Gasteiger partial charge in [0.15, 0.2) is 0 Å². The summed E-state index contributed by atoms with van der Waals surface area (Å²) < 4.78 is 35.9. The Bertz CT molecular complexity index is 735. The summed E-state index contributed by atoms with van der Waals surface area (Å²) in [6.07, 6.45) is 3.04. The normalized spacial score (nSPS) is 16.1. The van der Waals surface area contributed by atoms with Crippen molar-refractivity contribution in [2.24, 2.45) is 7.05 Å². The van der Waals surface area contributed by atoms with Gasteiger partial charge in [0, 0.05) is 43.5 Å². The van der Waals surface area contributed by atoms with Gasteiger partial charge in [-0.3, -0.25) is 9.48 Å². The largest absolute Gasteiger partial charge is 0.497 e. The first-order chi connectivity index (χ1) is 11.9. The number of alkyl halides is 2. The zero-order valence-corrected chi connectivity index (χ0v) is 14.3. The summed E-state index contributed by atoms with van der Waals surface area (Å²) in [5.74, 6) is -3.96. The number of carbonyl (C=O) groups excluding carboxylic acids is 1. The number of halogens is 2. The van der Waals surface area contributed by atoms with Crippen LogP contribution in [0.25, 0.3) is 0 Å². The van der Waals surface area contributed by atoms with Crippen molar-refractivity contribution >= 4 is 5.91 Å². The fourth-order valence-corrected chi connectivity index (χ4v) is 3.29. The van der Waals surface area contributed by atoms with E-state index in [2.05, 4.69) is 5.10 Å². The molecule has 0 unspecified atom stereocenters. The predicted octanol–water partition coefficient (Wildman–Crippen LogP) is 2.93. The molecule has 7 heteroatoms. The summed E-state index contributed by atoms with van der Waals surface area (Å²) in [6, 6.07) is 7.28. The molecule has 0 radical (unpaired) electrons. The molecule has 1 aliphatic rings. The third kappa shape index (κ3) is 3.36. The second-order valence-electron chi connectivity index (χ2n) is 6.25. The highest BCUT2D eigenvalue weighted by molar-refractivity contribution is 5.85. The van der Waals surface area contributed by atoms with Gasteiger partial charge in [0.05, 0.1) is 7.11 Å². The topological polar surface area (TPSA) is 47.4 Å². The Hall–Kier alpha value is -2.44. The SMILES string of the molecule is COc1ccc(C(F)(F)C(=O)N2CCC(c3ccnn3C)CC2)cc1. The van der Waals surface area contributed by atoms with Gasteiger partial charge in [-0.15, -0.1) is 0 Å². The Morgan fingerprint density at radius 1 is 1.20 bits per heavy atom. The Balaban J connectivity index is 1.67. The molecule has 1 saturated heterocycles. The van der Waals surface area contributed by atoms with E-state index in [4.69, 9.17) is 4.74 Å². The number of hydrogen-bond acceptors (Lipinski definition) is 3. The van der Waals surface area contributed by atoms with Crippen LogP contribution in [0.4, 0.5) is 8.78 Å². The molecule has 1 fully saturated rings. The van der Waals surface area contributed by atoms with Crippen molar-refractivity contribution in [2.75, 3.05) is 20.2 Å². The standard InChI is InChI=1S/C18H21F2N3O2/c1-22-16(7-10-21-22)13-8-11-23(12-9-13)17(24)18(19,20)14-3-5-15(25-2)6-4-14/h3-7,10,13H,8-9,11-12H2,1-2H3. The number of ether oxygens (including phenoxy) is 1. The van der Waals surface area contributed by atoms with E-state index in [0.717, 1.165) is 5.69 Å². The first kappa shape index (κ1) is 17.4. The average Bonchev–Trinajstić information content (AvgIpc) is 3.07. The van der Waals surface area contributed by atoms with Crippen LogP contribution in [0.15, 0.2) is 36.5 Å². The average molecular weight is 349 g/mol. The summed E-state index contributed by atoms with van der Waals surface area (Å²) in [6.45, 7) is 0.640. The summed E-state index contributed by atoms with van der Waals surface area (Å²) in [4.78, 5) is 13.6. The number of hydrogen-bond donors (Lipinski definition) is 0.